The number of nitrogens with one attached hydrogen (secondary N) is 2. The fraction of sp³-hybridized carbons (Fsp3) is 0.0476. The van der Waals surface area contributed by atoms with E-state index in [-0.39, 0.29) is 0 Å². The molecule has 3 rings (SSSR count). The zero-order valence-corrected chi connectivity index (χ0v) is 15.2. The zero-order chi connectivity index (χ0) is 18.2. The van der Waals surface area contributed by atoms with E-state index < -0.39 is 0 Å². The Balaban J connectivity index is 1.53. The van der Waals surface area contributed by atoms with E-state index in [0.717, 1.165) is 17.0 Å². The van der Waals surface area contributed by atoms with Crippen molar-refractivity contribution in [2.24, 2.45) is 5.10 Å². The highest BCUT2D eigenvalue weighted by molar-refractivity contribution is 7.80. The molecule has 4 nitrogen and oxygen atoms in total. The molecular formula is C21H19N3OS. The highest BCUT2D eigenvalue weighted by Crippen LogP contribution is 2.18. The van der Waals surface area contributed by atoms with Crippen molar-refractivity contribution >= 4 is 29.2 Å². The smallest absolute Gasteiger partial charge is 0.191 e. The Hall–Kier alpha value is -3.18. The second-order valence-corrected chi connectivity index (χ2v) is 5.95. The fourth-order valence-corrected chi connectivity index (χ4v) is 2.56. The number of rotatable bonds is 5. The van der Waals surface area contributed by atoms with Gasteiger partial charge in [-0.2, -0.15) is 5.10 Å². The molecule has 0 heterocycles. The Morgan fingerprint density at radius 2 is 1.54 bits per heavy atom. The van der Waals surface area contributed by atoms with E-state index >= 15 is 0 Å². The maximum Gasteiger partial charge on any atom is 0.191 e. The summed E-state index contributed by atoms with van der Waals surface area (Å²) in [5.74, 6) is 0.798. The largest absolute Gasteiger partial charge is 0.497 e. The minimum Gasteiger partial charge on any atom is -0.497 e. The lowest BCUT2D eigenvalue weighted by Crippen LogP contribution is -2.23. The molecule has 130 valence electrons. The Kier molecular flexibility index (Phi) is 5.96. The summed E-state index contributed by atoms with van der Waals surface area (Å²) in [7, 11) is 1.63. The number of hydrogen-bond acceptors (Lipinski definition) is 3. The first-order valence-electron chi connectivity index (χ1n) is 8.14. The average Bonchev–Trinajstić information content (AvgIpc) is 2.70. The molecule has 3 aromatic carbocycles. The quantitative estimate of drug-likeness (QED) is 0.393. The van der Waals surface area contributed by atoms with Crippen molar-refractivity contribution in [3.05, 3.63) is 84.4 Å². The number of thiocarbonyl (C=S) groups is 1. The van der Waals surface area contributed by atoms with Crippen LogP contribution in [0.4, 0.5) is 5.69 Å². The summed E-state index contributed by atoms with van der Waals surface area (Å²) in [6.07, 6.45) is 1.73. The van der Waals surface area contributed by atoms with Gasteiger partial charge in [0.2, 0.25) is 0 Å². The van der Waals surface area contributed by atoms with Gasteiger partial charge in [-0.05, 0) is 53.2 Å². The zero-order valence-electron chi connectivity index (χ0n) is 14.3. The fourth-order valence-electron chi connectivity index (χ4n) is 2.39. The van der Waals surface area contributed by atoms with E-state index in [9.17, 15) is 0 Å². The standard InChI is InChI=1S/C21H19N3OS/c1-25-20-13-11-19(12-14-20)23-21(26)24-22-15-16-7-9-18(10-8-16)17-5-3-2-4-6-17/h2-15H,1H3,(H2,23,24,26)/b22-15+. The molecular weight excluding hydrogens is 342 g/mol. The Bertz CT molecular complexity index is 875. The molecule has 0 aliphatic heterocycles. The number of benzene rings is 3. The van der Waals surface area contributed by atoms with Crippen LogP contribution in [0.3, 0.4) is 0 Å². The summed E-state index contributed by atoms with van der Waals surface area (Å²) >= 11 is 5.23. The predicted octanol–water partition coefficient (Wildman–Crippen LogP) is 4.68. The molecule has 0 aliphatic carbocycles. The van der Waals surface area contributed by atoms with Crippen LogP contribution in [0.1, 0.15) is 5.56 Å². The normalized spacial score (nSPS) is 10.5. The van der Waals surface area contributed by atoms with Gasteiger partial charge < -0.3 is 10.1 Å². The van der Waals surface area contributed by atoms with E-state index in [1.165, 1.54) is 11.1 Å². The van der Waals surface area contributed by atoms with Crippen LogP contribution in [0.15, 0.2) is 84.0 Å². The molecule has 0 aromatic heterocycles. The van der Waals surface area contributed by atoms with E-state index in [0.29, 0.717) is 5.11 Å². The molecule has 0 amide bonds. The first-order valence-corrected chi connectivity index (χ1v) is 8.55. The van der Waals surface area contributed by atoms with Crippen molar-refractivity contribution in [3.63, 3.8) is 0 Å². The number of anilines is 1. The molecule has 0 fully saturated rings. The molecule has 3 aromatic rings. The molecule has 0 saturated carbocycles. The van der Waals surface area contributed by atoms with Gasteiger partial charge in [-0.1, -0.05) is 54.6 Å². The Morgan fingerprint density at radius 3 is 2.19 bits per heavy atom. The number of methoxy groups -OCH3 is 1. The maximum atomic E-state index is 5.23. The third-order valence-corrected chi connectivity index (χ3v) is 3.94. The first-order chi connectivity index (χ1) is 12.7. The highest BCUT2D eigenvalue weighted by Gasteiger charge is 1.98. The van der Waals surface area contributed by atoms with Gasteiger partial charge in [0.1, 0.15) is 5.75 Å². The van der Waals surface area contributed by atoms with Gasteiger partial charge in [0.05, 0.1) is 13.3 Å². The third-order valence-electron chi connectivity index (χ3n) is 3.75. The predicted molar refractivity (Wildman–Crippen MR) is 112 cm³/mol. The van der Waals surface area contributed by atoms with Crippen LogP contribution in [0, 0.1) is 0 Å². The van der Waals surface area contributed by atoms with Crippen molar-refractivity contribution in [2.75, 3.05) is 12.4 Å². The SMILES string of the molecule is COc1ccc(NC(=S)N/N=C/c2ccc(-c3ccccc3)cc2)cc1. The minimum absolute atomic E-state index is 0.423. The Morgan fingerprint density at radius 1 is 0.885 bits per heavy atom. The van der Waals surface area contributed by atoms with Crippen LogP contribution in [-0.2, 0) is 0 Å². The van der Waals surface area contributed by atoms with Gasteiger partial charge in [0.15, 0.2) is 5.11 Å². The van der Waals surface area contributed by atoms with Gasteiger partial charge in [0, 0.05) is 5.69 Å². The van der Waals surface area contributed by atoms with E-state index in [2.05, 4.69) is 40.1 Å². The molecule has 2 N–H and O–H groups in total. The van der Waals surface area contributed by atoms with Crippen LogP contribution in [0.5, 0.6) is 5.75 Å². The molecule has 0 saturated heterocycles. The van der Waals surface area contributed by atoms with Crippen LogP contribution in [0.25, 0.3) is 11.1 Å². The minimum atomic E-state index is 0.423. The monoisotopic (exact) mass is 361 g/mol. The molecule has 0 unspecified atom stereocenters. The maximum absolute atomic E-state index is 5.23. The number of hydrogen-bond donors (Lipinski definition) is 2. The van der Waals surface area contributed by atoms with Crippen molar-refractivity contribution in [1.29, 1.82) is 0 Å². The van der Waals surface area contributed by atoms with Gasteiger partial charge in [-0.3, -0.25) is 5.43 Å². The molecule has 5 heteroatoms. The lowest BCUT2D eigenvalue weighted by Gasteiger charge is -2.07. The average molecular weight is 361 g/mol. The van der Waals surface area contributed by atoms with Crippen LogP contribution >= 0.6 is 12.2 Å². The summed E-state index contributed by atoms with van der Waals surface area (Å²) in [4.78, 5) is 0. The molecule has 0 bridgehead atoms. The molecule has 0 spiro atoms. The van der Waals surface area contributed by atoms with Crippen molar-refractivity contribution in [1.82, 2.24) is 5.43 Å². The van der Waals surface area contributed by atoms with Gasteiger partial charge >= 0.3 is 0 Å². The van der Waals surface area contributed by atoms with Crippen molar-refractivity contribution in [3.8, 4) is 16.9 Å². The van der Waals surface area contributed by atoms with E-state index in [1.807, 2.05) is 54.6 Å². The lowest BCUT2D eigenvalue weighted by atomic mass is 10.0. The first kappa shape index (κ1) is 17.6. The number of ether oxygens (including phenoxy) is 1. The highest BCUT2D eigenvalue weighted by atomic mass is 32.1. The summed E-state index contributed by atoms with van der Waals surface area (Å²) in [5, 5.41) is 7.66. The molecule has 26 heavy (non-hydrogen) atoms. The third kappa shape index (κ3) is 4.91. The number of nitrogens with zero attached hydrogens (tertiary/aromatic N) is 1. The molecule has 0 aliphatic rings. The summed E-state index contributed by atoms with van der Waals surface area (Å²) in [5.41, 5.74) is 7.04. The molecule has 0 atom stereocenters. The topological polar surface area (TPSA) is 45.6 Å². The second-order valence-electron chi connectivity index (χ2n) is 5.54. The summed E-state index contributed by atoms with van der Waals surface area (Å²) in [6, 6.07) is 26.0. The van der Waals surface area contributed by atoms with E-state index in [4.69, 9.17) is 17.0 Å². The van der Waals surface area contributed by atoms with Gasteiger partial charge in [0.25, 0.3) is 0 Å². The van der Waals surface area contributed by atoms with Gasteiger partial charge in [-0.15, -0.1) is 0 Å². The van der Waals surface area contributed by atoms with Crippen molar-refractivity contribution < 1.29 is 4.74 Å². The van der Waals surface area contributed by atoms with Crippen LogP contribution in [0.2, 0.25) is 0 Å². The molecule has 0 radical (unpaired) electrons. The van der Waals surface area contributed by atoms with Crippen LogP contribution < -0.4 is 15.5 Å². The van der Waals surface area contributed by atoms with Gasteiger partial charge in [-0.25, -0.2) is 0 Å². The van der Waals surface area contributed by atoms with E-state index in [1.54, 1.807) is 13.3 Å². The second kappa shape index (κ2) is 8.78. The van der Waals surface area contributed by atoms with Crippen LogP contribution in [-0.4, -0.2) is 18.4 Å². The number of hydrazone groups is 1. The summed E-state index contributed by atoms with van der Waals surface area (Å²) in [6.45, 7) is 0. The summed E-state index contributed by atoms with van der Waals surface area (Å²) < 4.78 is 5.12. The Labute approximate surface area is 158 Å². The lowest BCUT2D eigenvalue weighted by molar-refractivity contribution is 0.415. The van der Waals surface area contributed by atoms with Crippen molar-refractivity contribution in [2.45, 2.75) is 0 Å².